The molecule has 2 aromatic carbocycles. The summed E-state index contributed by atoms with van der Waals surface area (Å²) in [4.78, 5) is 36.1. The molecule has 1 aliphatic heterocycles. The zero-order valence-electron chi connectivity index (χ0n) is 15.3. The third-order valence-electron chi connectivity index (χ3n) is 4.29. The monoisotopic (exact) mass is 409 g/mol. The SMILES string of the molecule is CCCc1cc(=O)[nH]c(SCC(=O)N2c3ccccc3Sc3ccccc32)n1. The largest absolute Gasteiger partial charge is 0.301 e. The number of fused-ring (bicyclic) bond motifs is 2. The number of aromatic nitrogens is 2. The number of hydrogen-bond donors (Lipinski definition) is 1. The Hall–Kier alpha value is -2.51. The first kappa shape index (κ1) is 18.8. The number of hydrogen-bond acceptors (Lipinski definition) is 5. The molecule has 3 aromatic rings. The van der Waals surface area contributed by atoms with Crippen LogP contribution in [0.25, 0.3) is 0 Å². The second kappa shape index (κ2) is 8.24. The maximum atomic E-state index is 13.2. The zero-order valence-corrected chi connectivity index (χ0v) is 17.0. The molecular formula is C21H19N3O2S2. The number of nitrogens with one attached hydrogen (secondary N) is 1. The van der Waals surface area contributed by atoms with Gasteiger partial charge < -0.3 is 4.98 Å². The Morgan fingerprint density at radius 2 is 1.75 bits per heavy atom. The molecule has 5 nitrogen and oxygen atoms in total. The number of amides is 1. The Balaban J connectivity index is 1.60. The van der Waals surface area contributed by atoms with Crippen molar-refractivity contribution in [2.24, 2.45) is 0 Å². The van der Waals surface area contributed by atoms with Crippen LogP contribution in [-0.2, 0) is 11.2 Å². The molecule has 0 unspecified atom stereocenters. The minimum atomic E-state index is -0.182. The summed E-state index contributed by atoms with van der Waals surface area (Å²) < 4.78 is 0. The molecule has 7 heteroatoms. The number of anilines is 2. The molecule has 1 aromatic heterocycles. The number of rotatable bonds is 5. The van der Waals surface area contributed by atoms with Crippen LogP contribution >= 0.6 is 23.5 Å². The van der Waals surface area contributed by atoms with Crippen molar-refractivity contribution in [1.29, 1.82) is 0 Å². The fourth-order valence-electron chi connectivity index (χ4n) is 3.10. The minimum absolute atomic E-state index is 0.0475. The summed E-state index contributed by atoms with van der Waals surface area (Å²) in [5.74, 6) is 0.139. The first-order valence-electron chi connectivity index (χ1n) is 9.07. The first-order valence-corrected chi connectivity index (χ1v) is 10.9. The molecule has 1 amide bonds. The van der Waals surface area contributed by atoms with E-state index < -0.39 is 0 Å². The lowest BCUT2D eigenvalue weighted by Gasteiger charge is -2.30. The van der Waals surface area contributed by atoms with E-state index in [1.165, 1.54) is 17.8 Å². The second-order valence-electron chi connectivity index (χ2n) is 6.35. The van der Waals surface area contributed by atoms with Crippen LogP contribution < -0.4 is 10.5 Å². The van der Waals surface area contributed by atoms with Gasteiger partial charge in [0.1, 0.15) is 0 Å². The number of H-pyrrole nitrogens is 1. The third kappa shape index (κ3) is 3.86. The number of benzene rings is 2. The van der Waals surface area contributed by atoms with Gasteiger partial charge in [-0.3, -0.25) is 14.5 Å². The Bertz CT molecular complexity index is 1040. The minimum Gasteiger partial charge on any atom is -0.301 e. The highest BCUT2D eigenvalue weighted by atomic mass is 32.2. The fourth-order valence-corrected chi connectivity index (χ4v) is 4.91. The number of aryl methyl sites for hydroxylation is 1. The van der Waals surface area contributed by atoms with Gasteiger partial charge in [0.15, 0.2) is 5.16 Å². The number of thioether (sulfide) groups is 1. The van der Waals surface area contributed by atoms with E-state index in [1.54, 1.807) is 16.7 Å². The van der Waals surface area contributed by atoms with Crippen LogP contribution in [0.2, 0.25) is 0 Å². The average molecular weight is 410 g/mol. The number of nitrogens with zero attached hydrogens (tertiary/aromatic N) is 2. The van der Waals surface area contributed by atoms with E-state index in [0.717, 1.165) is 39.7 Å². The second-order valence-corrected chi connectivity index (χ2v) is 8.40. The van der Waals surface area contributed by atoms with Crippen molar-refractivity contribution in [3.8, 4) is 0 Å². The number of para-hydroxylation sites is 2. The molecule has 0 bridgehead atoms. The zero-order chi connectivity index (χ0) is 19.5. The van der Waals surface area contributed by atoms with Gasteiger partial charge in [-0.1, -0.05) is 61.1 Å². The van der Waals surface area contributed by atoms with Gasteiger partial charge in [0.05, 0.1) is 17.1 Å². The summed E-state index contributed by atoms with van der Waals surface area (Å²) >= 11 is 2.93. The predicted octanol–water partition coefficient (Wildman–Crippen LogP) is 4.64. The molecule has 0 saturated carbocycles. The molecule has 0 radical (unpaired) electrons. The molecule has 2 heterocycles. The van der Waals surface area contributed by atoms with Crippen molar-refractivity contribution in [2.45, 2.75) is 34.7 Å². The van der Waals surface area contributed by atoms with Crippen LogP contribution in [0.4, 0.5) is 11.4 Å². The van der Waals surface area contributed by atoms with Crippen LogP contribution in [0.3, 0.4) is 0 Å². The van der Waals surface area contributed by atoms with Gasteiger partial charge in [-0.15, -0.1) is 0 Å². The van der Waals surface area contributed by atoms with E-state index in [2.05, 4.69) is 9.97 Å². The lowest BCUT2D eigenvalue weighted by atomic mass is 10.2. The molecule has 1 N–H and O–H groups in total. The smallest absolute Gasteiger partial charge is 0.251 e. The molecule has 0 fully saturated rings. The third-order valence-corrected chi connectivity index (χ3v) is 6.28. The van der Waals surface area contributed by atoms with Crippen molar-refractivity contribution in [1.82, 2.24) is 9.97 Å². The van der Waals surface area contributed by atoms with Gasteiger partial charge in [-0.05, 0) is 30.7 Å². The number of carbonyl (C=O) groups is 1. The summed E-state index contributed by atoms with van der Waals surface area (Å²) in [6.45, 7) is 2.04. The van der Waals surface area contributed by atoms with E-state index in [1.807, 2.05) is 55.5 Å². The van der Waals surface area contributed by atoms with Crippen molar-refractivity contribution < 1.29 is 4.79 Å². The molecule has 0 saturated heterocycles. The van der Waals surface area contributed by atoms with Crippen LogP contribution in [0.1, 0.15) is 19.0 Å². The van der Waals surface area contributed by atoms with Crippen LogP contribution in [0, 0.1) is 0 Å². The summed E-state index contributed by atoms with van der Waals surface area (Å²) in [5, 5.41) is 0.484. The fraction of sp³-hybridized carbons (Fsp3) is 0.190. The van der Waals surface area contributed by atoms with Gasteiger partial charge in [-0.25, -0.2) is 4.98 Å². The summed E-state index contributed by atoms with van der Waals surface area (Å²) in [7, 11) is 0. The molecule has 142 valence electrons. The van der Waals surface area contributed by atoms with E-state index in [4.69, 9.17) is 0 Å². The van der Waals surface area contributed by atoms with Crippen LogP contribution in [0.15, 0.2) is 74.3 Å². The molecule has 0 spiro atoms. The number of aromatic amines is 1. The highest BCUT2D eigenvalue weighted by Crippen LogP contribution is 2.48. The standard InChI is InChI=1S/C21H19N3O2S2/c1-2-7-14-12-19(25)23-21(22-14)27-13-20(26)24-15-8-3-5-10-17(15)28-18-11-6-4-9-16(18)24/h3-6,8-12H,2,7,13H2,1H3,(H,22,23,25). The molecule has 0 aliphatic carbocycles. The van der Waals surface area contributed by atoms with E-state index in [0.29, 0.717) is 5.16 Å². The topological polar surface area (TPSA) is 66.1 Å². The highest BCUT2D eigenvalue weighted by molar-refractivity contribution is 8.00. The van der Waals surface area contributed by atoms with Crippen molar-refractivity contribution in [2.75, 3.05) is 10.7 Å². The van der Waals surface area contributed by atoms with Gasteiger partial charge in [-0.2, -0.15) is 0 Å². The summed E-state index contributed by atoms with van der Waals surface area (Å²) in [6.07, 6.45) is 1.66. The van der Waals surface area contributed by atoms with Gasteiger partial charge >= 0.3 is 0 Å². The Labute approximate surface area is 171 Å². The van der Waals surface area contributed by atoms with Gasteiger partial charge in [0.25, 0.3) is 5.56 Å². The predicted molar refractivity (Wildman–Crippen MR) is 114 cm³/mol. The van der Waals surface area contributed by atoms with Gasteiger partial charge in [0, 0.05) is 21.6 Å². The molecule has 4 rings (SSSR count). The Morgan fingerprint density at radius 3 is 2.39 bits per heavy atom. The van der Waals surface area contributed by atoms with E-state index >= 15 is 0 Å². The summed E-state index contributed by atoms with van der Waals surface area (Å²) in [5.41, 5.74) is 2.35. The van der Waals surface area contributed by atoms with Crippen molar-refractivity contribution >= 4 is 40.8 Å². The molecule has 28 heavy (non-hydrogen) atoms. The molecular weight excluding hydrogens is 390 g/mol. The normalized spacial score (nSPS) is 12.4. The maximum absolute atomic E-state index is 13.2. The lowest BCUT2D eigenvalue weighted by molar-refractivity contribution is -0.115. The quantitative estimate of drug-likeness (QED) is 0.491. The van der Waals surface area contributed by atoms with Crippen molar-refractivity contribution in [3.05, 3.63) is 70.6 Å². The van der Waals surface area contributed by atoms with Crippen LogP contribution in [0.5, 0.6) is 0 Å². The highest BCUT2D eigenvalue weighted by Gasteiger charge is 2.27. The van der Waals surface area contributed by atoms with Crippen LogP contribution in [-0.4, -0.2) is 21.6 Å². The first-order chi connectivity index (χ1) is 13.7. The van der Waals surface area contributed by atoms with E-state index in [9.17, 15) is 9.59 Å². The Morgan fingerprint density at radius 1 is 1.11 bits per heavy atom. The van der Waals surface area contributed by atoms with Crippen molar-refractivity contribution in [3.63, 3.8) is 0 Å². The number of carbonyl (C=O) groups excluding carboxylic acids is 1. The average Bonchev–Trinajstić information content (AvgIpc) is 2.70. The Kier molecular flexibility index (Phi) is 5.54. The van der Waals surface area contributed by atoms with Gasteiger partial charge in [0.2, 0.25) is 5.91 Å². The lowest BCUT2D eigenvalue weighted by Crippen LogP contribution is -2.30. The van der Waals surface area contributed by atoms with E-state index in [-0.39, 0.29) is 17.2 Å². The molecule has 0 atom stereocenters. The molecule has 1 aliphatic rings. The summed E-state index contributed by atoms with van der Waals surface area (Å²) in [6, 6.07) is 17.3. The maximum Gasteiger partial charge on any atom is 0.251 e.